The number of amides is 2. The summed E-state index contributed by atoms with van der Waals surface area (Å²) in [6, 6.07) is 13.0. The van der Waals surface area contributed by atoms with E-state index in [0.717, 1.165) is 73.5 Å². The summed E-state index contributed by atoms with van der Waals surface area (Å²) in [5.41, 5.74) is 6.50. The number of hydrogen-bond donors (Lipinski definition) is 1. The van der Waals surface area contributed by atoms with Crippen LogP contribution in [0.1, 0.15) is 74.0 Å². The molecule has 7 nitrogen and oxygen atoms in total. The lowest BCUT2D eigenvalue weighted by Crippen LogP contribution is -2.45. The van der Waals surface area contributed by atoms with Gasteiger partial charge in [-0.25, -0.2) is 0 Å². The lowest BCUT2D eigenvalue weighted by Gasteiger charge is -2.37. The Morgan fingerprint density at radius 3 is 2.60 bits per heavy atom. The minimum atomic E-state index is -0.196. The largest absolute Gasteiger partial charge is 0.496 e. The molecule has 1 fully saturated rings. The summed E-state index contributed by atoms with van der Waals surface area (Å²) in [7, 11) is 3.61. The summed E-state index contributed by atoms with van der Waals surface area (Å²) in [5.74, 6) is 0.730. The molecule has 2 aromatic carbocycles. The molecular weight excluding hydrogens is 524 g/mol. The number of aryl methyl sites for hydroxylation is 2. The third kappa shape index (κ3) is 5.72. The van der Waals surface area contributed by atoms with Gasteiger partial charge in [0.15, 0.2) is 0 Å². The fraction of sp³-hybridized carbons (Fsp3) is 0.406. The van der Waals surface area contributed by atoms with Crippen LogP contribution in [0.5, 0.6) is 5.75 Å². The van der Waals surface area contributed by atoms with E-state index in [2.05, 4.69) is 22.1 Å². The first-order chi connectivity index (χ1) is 19.3. The fourth-order valence-corrected chi connectivity index (χ4v) is 6.26. The molecule has 0 saturated carbocycles. The topological polar surface area (TPSA) is 74.8 Å². The molecule has 0 unspecified atom stereocenters. The number of methoxy groups -OCH3 is 1. The van der Waals surface area contributed by atoms with Crippen molar-refractivity contribution in [2.24, 2.45) is 0 Å². The zero-order valence-electron chi connectivity index (χ0n) is 23.7. The molecule has 3 aromatic rings. The number of ether oxygens (including phenoxy) is 1. The molecule has 1 saturated heterocycles. The lowest BCUT2D eigenvalue weighted by atomic mass is 10.00. The average molecular weight is 561 g/mol. The molecule has 2 aliphatic rings. The number of fused-ring (bicyclic) bond motifs is 1. The van der Waals surface area contributed by atoms with Crippen LogP contribution in [0, 0.1) is 13.8 Å². The molecule has 1 atom stereocenters. The third-order valence-electron chi connectivity index (χ3n) is 8.44. The fourth-order valence-electron chi connectivity index (χ4n) is 6.04. The van der Waals surface area contributed by atoms with Crippen LogP contribution >= 0.6 is 11.6 Å². The van der Waals surface area contributed by atoms with Gasteiger partial charge in [-0.3, -0.25) is 19.5 Å². The summed E-state index contributed by atoms with van der Waals surface area (Å²) in [6.07, 6.45) is 5.37. The highest BCUT2D eigenvalue weighted by molar-refractivity contribution is 6.33. The zero-order valence-corrected chi connectivity index (χ0v) is 24.4. The van der Waals surface area contributed by atoms with E-state index in [1.807, 2.05) is 49.3 Å². The van der Waals surface area contributed by atoms with E-state index in [-0.39, 0.29) is 23.9 Å². The molecule has 1 aliphatic carbocycles. The summed E-state index contributed by atoms with van der Waals surface area (Å²) in [6.45, 7) is 6.66. The number of carbonyl (C=O) groups excluding carboxylic acids is 2. The van der Waals surface area contributed by atoms with Crippen molar-refractivity contribution in [3.63, 3.8) is 0 Å². The number of pyridine rings is 1. The van der Waals surface area contributed by atoms with Crippen LogP contribution in [-0.2, 0) is 13.0 Å². The van der Waals surface area contributed by atoms with Crippen molar-refractivity contribution in [1.29, 1.82) is 0 Å². The van der Waals surface area contributed by atoms with Gasteiger partial charge in [-0.05, 0) is 74.9 Å². The van der Waals surface area contributed by atoms with Crippen LogP contribution in [0.2, 0.25) is 5.02 Å². The van der Waals surface area contributed by atoms with Gasteiger partial charge in [-0.15, -0.1) is 0 Å². The maximum Gasteiger partial charge on any atom is 0.253 e. The number of hydrogen-bond acceptors (Lipinski definition) is 5. The Labute approximate surface area is 241 Å². The predicted octanol–water partition coefficient (Wildman–Crippen LogP) is 5.51. The quantitative estimate of drug-likeness (QED) is 0.412. The third-order valence-corrected chi connectivity index (χ3v) is 8.77. The van der Waals surface area contributed by atoms with E-state index in [1.54, 1.807) is 25.3 Å². The second kappa shape index (κ2) is 12.0. The van der Waals surface area contributed by atoms with Crippen molar-refractivity contribution in [3.8, 4) is 5.75 Å². The monoisotopic (exact) mass is 560 g/mol. The van der Waals surface area contributed by atoms with E-state index in [1.165, 1.54) is 5.56 Å². The first-order valence-electron chi connectivity index (χ1n) is 13.9. The van der Waals surface area contributed by atoms with Gasteiger partial charge in [-0.2, -0.15) is 0 Å². The minimum absolute atomic E-state index is 0.0186. The molecule has 0 bridgehead atoms. The van der Waals surface area contributed by atoms with Gasteiger partial charge in [0.25, 0.3) is 11.8 Å². The van der Waals surface area contributed by atoms with Crippen molar-refractivity contribution < 1.29 is 14.3 Å². The Balaban J connectivity index is 1.21. The molecule has 40 heavy (non-hydrogen) atoms. The van der Waals surface area contributed by atoms with Gasteiger partial charge in [0, 0.05) is 55.6 Å². The molecule has 0 radical (unpaired) electrons. The van der Waals surface area contributed by atoms with Crippen molar-refractivity contribution >= 4 is 23.4 Å². The molecule has 1 N–H and O–H groups in total. The van der Waals surface area contributed by atoms with Crippen LogP contribution in [0.3, 0.4) is 0 Å². The second-order valence-corrected chi connectivity index (χ2v) is 11.3. The van der Waals surface area contributed by atoms with E-state index >= 15 is 0 Å². The summed E-state index contributed by atoms with van der Waals surface area (Å²) < 4.78 is 5.57. The van der Waals surface area contributed by atoms with Crippen LogP contribution in [-0.4, -0.2) is 59.9 Å². The van der Waals surface area contributed by atoms with Crippen LogP contribution in [0.25, 0.3) is 0 Å². The number of piperidine rings is 1. The molecule has 1 aromatic heterocycles. The molecule has 2 heterocycles. The predicted molar refractivity (Wildman–Crippen MR) is 157 cm³/mol. The summed E-state index contributed by atoms with van der Waals surface area (Å²) in [4.78, 5) is 35.4. The first-order valence-corrected chi connectivity index (χ1v) is 14.3. The Bertz CT molecular complexity index is 1420. The van der Waals surface area contributed by atoms with Crippen LogP contribution in [0.4, 0.5) is 0 Å². The lowest BCUT2D eigenvalue weighted by molar-refractivity contribution is 0.0635. The maximum absolute atomic E-state index is 13.5. The highest BCUT2D eigenvalue weighted by Gasteiger charge is 2.29. The standard InChI is InChI=1S/C32H37ClN4O3/c1-20-18-34-29(21(2)30(20)40-4)19-37-15-13-24(14-16-37)36(3)32(39)23-10-9-22-11-12-28(26(22)17-23)35-31(38)25-7-5-6-8-27(25)33/h5-10,17-18,24,28H,11-16,19H2,1-4H3,(H,35,38)/t28-/m1/s1. The summed E-state index contributed by atoms with van der Waals surface area (Å²) in [5, 5.41) is 3.55. The molecule has 1 aliphatic heterocycles. The van der Waals surface area contributed by atoms with Gasteiger partial charge in [-0.1, -0.05) is 29.8 Å². The highest BCUT2D eigenvalue weighted by Crippen LogP contribution is 2.33. The van der Waals surface area contributed by atoms with Crippen LogP contribution in [0.15, 0.2) is 48.7 Å². The smallest absolute Gasteiger partial charge is 0.253 e. The van der Waals surface area contributed by atoms with Crippen molar-refractivity contribution in [1.82, 2.24) is 20.1 Å². The van der Waals surface area contributed by atoms with Crippen molar-refractivity contribution in [3.05, 3.63) is 92.8 Å². The molecule has 0 spiro atoms. The van der Waals surface area contributed by atoms with E-state index in [0.29, 0.717) is 16.1 Å². The van der Waals surface area contributed by atoms with Gasteiger partial charge >= 0.3 is 0 Å². The molecule has 8 heteroatoms. The number of aromatic nitrogens is 1. The zero-order chi connectivity index (χ0) is 28.4. The number of likely N-dealkylation sites (tertiary alicyclic amines) is 1. The van der Waals surface area contributed by atoms with Gasteiger partial charge in [0.05, 0.1) is 29.4 Å². The number of benzene rings is 2. The molecule has 5 rings (SSSR count). The second-order valence-electron chi connectivity index (χ2n) is 10.9. The number of nitrogens with one attached hydrogen (secondary N) is 1. The Morgan fingerprint density at radius 2 is 1.88 bits per heavy atom. The Hall–Kier alpha value is -3.42. The van der Waals surface area contributed by atoms with E-state index < -0.39 is 0 Å². The van der Waals surface area contributed by atoms with Crippen molar-refractivity contribution in [2.75, 3.05) is 27.2 Å². The van der Waals surface area contributed by atoms with Gasteiger partial charge in [0.2, 0.25) is 0 Å². The summed E-state index contributed by atoms with van der Waals surface area (Å²) >= 11 is 6.23. The number of halogens is 1. The number of rotatable bonds is 7. The minimum Gasteiger partial charge on any atom is -0.496 e. The van der Waals surface area contributed by atoms with Gasteiger partial charge < -0.3 is 15.0 Å². The highest BCUT2D eigenvalue weighted by atomic mass is 35.5. The van der Waals surface area contributed by atoms with E-state index in [9.17, 15) is 9.59 Å². The normalized spacial score (nSPS) is 17.4. The average Bonchev–Trinajstić information content (AvgIpc) is 3.36. The maximum atomic E-state index is 13.5. The van der Waals surface area contributed by atoms with Crippen LogP contribution < -0.4 is 10.1 Å². The SMILES string of the molecule is COc1c(C)cnc(CN2CCC(N(C)C(=O)c3ccc4c(c3)[C@H](NC(=O)c3ccccc3Cl)CC4)CC2)c1C. The van der Waals surface area contributed by atoms with E-state index in [4.69, 9.17) is 16.3 Å². The first kappa shape index (κ1) is 28.1. The van der Waals surface area contributed by atoms with Gasteiger partial charge in [0.1, 0.15) is 5.75 Å². The molecular formula is C32H37ClN4O3. The molecule has 2 amide bonds. The van der Waals surface area contributed by atoms with Crippen molar-refractivity contribution in [2.45, 2.75) is 58.2 Å². The number of nitrogens with zero attached hydrogens (tertiary/aromatic N) is 3. The number of carbonyl (C=O) groups is 2. The Kier molecular flexibility index (Phi) is 8.43. The Morgan fingerprint density at radius 1 is 1.12 bits per heavy atom. The molecule has 210 valence electrons.